The molecule has 3 nitrogen and oxygen atoms in total. The van der Waals surface area contributed by atoms with Crippen molar-refractivity contribution in [3.05, 3.63) is 60.3 Å². The molecule has 0 unspecified atom stereocenters. The summed E-state index contributed by atoms with van der Waals surface area (Å²) in [6.07, 6.45) is 2.72. The smallest absolute Gasteiger partial charge is 0.128 e. The van der Waals surface area contributed by atoms with E-state index in [0.717, 1.165) is 28.0 Å². The third-order valence-corrected chi connectivity index (χ3v) is 3.40. The maximum absolute atomic E-state index is 9.15. The van der Waals surface area contributed by atoms with E-state index in [1.807, 2.05) is 49.5 Å². The highest BCUT2D eigenvalue weighted by Gasteiger charge is 2.08. The molecule has 0 amide bonds. The van der Waals surface area contributed by atoms with Gasteiger partial charge in [0.1, 0.15) is 11.5 Å². The van der Waals surface area contributed by atoms with E-state index >= 15 is 0 Å². The van der Waals surface area contributed by atoms with Gasteiger partial charge in [-0.1, -0.05) is 18.2 Å². The standard InChI is InChI=1S/C17H17NO2/c1-18-12-13(9-10-19)16-11-15(7-8-17(16)18)20-14-5-3-2-4-6-14/h2-8,11-12,19H,9-10H2,1H3. The molecule has 1 heterocycles. The van der Waals surface area contributed by atoms with Crippen LogP contribution < -0.4 is 4.74 Å². The molecule has 1 aromatic heterocycles. The van der Waals surface area contributed by atoms with Gasteiger partial charge in [0.15, 0.2) is 0 Å². The predicted octanol–water partition coefficient (Wildman–Crippen LogP) is 3.51. The van der Waals surface area contributed by atoms with Gasteiger partial charge in [0, 0.05) is 30.8 Å². The second-order valence-corrected chi connectivity index (χ2v) is 4.83. The summed E-state index contributed by atoms with van der Waals surface area (Å²) in [6, 6.07) is 15.8. The van der Waals surface area contributed by atoms with Gasteiger partial charge in [-0.3, -0.25) is 0 Å². The Hall–Kier alpha value is -2.26. The molecule has 0 saturated heterocycles. The summed E-state index contributed by atoms with van der Waals surface area (Å²) < 4.78 is 7.93. The van der Waals surface area contributed by atoms with Crippen LogP contribution in [0.3, 0.4) is 0 Å². The zero-order valence-electron chi connectivity index (χ0n) is 11.4. The van der Waals surface area contributed by atoms with Gasteiger partial charge in [-0.15, -0.1) is 0 Å². The van der Waals surface area contributed by atoms with Gasteiger partial charge >= 0.3 is 0 Å². The van der Waals surface area contributed by atoms with Gasteiger partial charge in [0.05, 0.1) is 0 Å². The van der Waals surface area contributed by atoms with Gasteiger partial charge in [-0.25, -0.2) is 0 Å². The first-order valence-corrected chi connectivity index (χ1v) is 6.69. The van der Waals surface area contributed by atoms with E-state index in [-0.39, 0.29) is 6.61 Å². The molecule has 102 valence electrons. The predicted molar refractivity (Wildman–Crippen MR) is 80.2 cm³/mol. The van der Waals surface area contributed by atoms with E-state index in [9.17, 15) is 0 Å². The number of nitrogens with zero attached hydrogens (tertiary/aromatic N) is 1. The van der Waals surface area contributed by atoms with E-state index in [4.69, 9.17) is 9.84 Å². The highest BCUT2D eigenvalue weighted by molar-refractivity contribution is 5.85. The van der Waals surface area contributed by atoms with Crippen LogP contribution in [0.15, 0.2) is 54.7 Å². The van der Waals surface area contributed by atoms with Crippen molar-refractivity contribution >= 4 is 10.9 Å². The van der Waals surface area contributed by atoms with Crippen molar-refractivity contribution in [1.29, 1.82) is 0 Å². The summed E-state index contributed by atoms with van der Waals surface area (Å²) in [4.78, 5) is 0. The zero-order valence-corrected chi connectivity index (χ0v) is 11.4. The van der Waals surface area contributed by atoms with Crippen molar-refractivity contribution in [2.24, 2.45) is 7.05 Å². The van der Waals surface area contributed by atoms with Gasteiger partial charge in [0.2, 0.25) is 0 Å². The number of fused-ring (bicyclic) bond motifs is 1. The van der Waals surface area contributed by atoms with E-state index in [1.54, 1.807) is 0 Å². The van der Waals surface area contributed by atoms with Crippen LogP contribution in [-0.2, 0) is 13.5 Å². The molecule has 0 radical (unpaired) electrons. The van der Waals surface area contributed by atoms with Crippen LogP contribution in [0.1, 0.15) is 5.56 Å². The van der Waals surface area contributed by atoms with Crippen molar-refractivity contribution in [3.8, 4) is 11.5 Å². The first-order valence-electron chi connectivity index (χ1n) is 6.69. The maximum atomic E-state index is 9.15. The Balaban J connectivity index is 1.99. The minimum absolute atomic E-state index is 0.156. The van der Waals surface area contributed by atoms with Crippen molar-refractivity contribution in [2.45, 2.75) is 6.42 Å². The van der Waals surface area contributed by atoms with Gasteiger partial charge in [-0.05, 0) is 42.3 Å². The molecule has 0 spiro atoms. The maximum Gasteiger partial charge on any atom is 0.128 e. The third-order valence-electron chi connectivity index (χ3n) is 3.40. The largest absolute Gasteiger partial charge is 0.457 e. The van der Waals surface area contributed by atoms with Crippen LogP contribution >= 0.6 is 0 Å². The Bertz CT molecular complexity index is 716. The second kappa shape index (κ2) is 5.39. The summed E-state index contributed by atoms with van der Waals surface area (Å²) in [5.74, 6) is 1.64. The molecular formula is C17H17NO2. The monoisotopic (exact) mass is 267 g/mol. The molecule has 20 heavy (non-hydrogen) atoms. The molecule has 0 aliphatic rings. The molecule has 0 aliphatic heterocycles. The van der Waals surface area contributed by atoms with Gasteiger partial charge in [0.25, 0.3) is 0 Å². The quantitative estimate of drug-likeness (QED) is 0.785. The number of ether oxygens (including phenoxy) is 1. The van der Waals surface area contributed by atoms with Crippen LogP contribution in [0, 0.1) is 0 Å². The molecule has 0 bridgehead atoms. The van der Waals surface area contributed by atoms with Gasteiger partial charge < -0.3 is 14.4 Å². The van der Waals surface area contributed by atoms with Crippen LogP contribution in [0.4, 0.5) is 0 Å². The molecule has 2 aromatic carbocycles. The minimum Gasteiger partial charge on any atom is -0.457 e. The number of aromatic nitrogens is 1. The average molecular weight is 267 g/mol. The van der Waals surface area contributed by atoms with Crippen LogP contribution in [0.25, 0.3) is 10.9 Å². The number of hydrogen-bond donors (Lipinski definition) is 1. The molecule has 0 saturated carbocycles. The molecule has 3 rings (SSSR count). The first-order chi connectivity index (χ1) is 9.78. The number of aliphatic hydroxyl groups is 1. The highest BCUT2D eigenvalue weighted by Crippen LogP contribution is 2.28. The number of benzene rings is 2. The van der Waals surface area contributed by atoms with Gasteiger partial charge in [-0.2, -0.15) is 0 Å². The Morgan fingerprint density at radius 1 is 1.05 bits per heavy atom. The lowest BCUT2D eigenvalue weighted by Crippen LogP contribution is -1.89. The Morgan fingerprint density at radius 2 is 1.85 bits per heavy atom. The SMILES string of the molecule is Cn1cc(CCO)c2cc(Oc3ccccc3)ccc21. The lowest BCUT2D eigenvalue weighted by Gasteiger charge is -2.06. The number of aryl methyl sites for hydroxylation is 1. The van der Waals surface area contributed by atoms with E-state index in [2.05, 4.69) is 16.8 Å². The molecule has 0 aliphatic carbocycles. The van der Waals surface area contributed by atoms with Crippen LogP contribution in [0.5, 0.6) is 11.5 Å². The summed E-state index contributed by atoms with van der Waals surface area (Å²) in [6.45, 7) is 0.156. The van der Waals surface area contributed by atoms with Crippen LogP contribution in [-0.4, -0.2) is 16.3 Å². The fraction of sp³-hybridized carbons (Fsp3) is 0.176. The number of aliphatic hydroxyl groups excluding tert-OH is 1. The lowest BCUT2D eigenvalue weighted by atomic mass is 10.1. The number of para-hydroxylation sites is 1. The lowest BCUT2D eigenvalue weighted by molar-refractivity contribution is 0.300. The van der Waals surface area contributed by atoms with E-state index < -0.39 is 0 Å². The van der Waals surface area contributed by atoms with Crippen molar-refractivity contribution in [3.63, 3.8) is 0 Å². The van der Waals surface area contributed by atoms with Crippen molar-refractivity contribution < 1.29 is 9.84 Å². The summed E-state index contributed by atoms with van der Waals surface area (Å²) >= 11 is 0. The topological polar surface area (TPSA) is 34.4 Å². The third kappa shape index (κ3) is 2.40. The number of hydrogen-bond acceptors (Lipinski definition) is 2. The van der Waals surface area contributed by atoms with E-state index in [0.29, 0.717) is 6.42 Å². The minimum atomic E-state index is 0.156. The normalized spacial score (nSPS) is 10.9. The Labute approximate surface area is 118 Å². The number of rotatable bonds is 4. The molecule has 3 aromatic rings. The zero-order chi connectivity index (χ0) is 13.9. The molecular weight excluding hydrogens is 250 g/mol. The second-order valence-electron chi connectivity index (χ2n) is 4.83. The Kier molecular flexibility index (Phi) is 3.44. The van der Waals surface area contributed by atoms with Crippen LogP contribution in [0.2, 0.25) is 0 Å². The summed E-state index contributed by atoms with van der Waals surface area (Å²) in [5, 5.41) is 10.3. The first kappa shape index (κ1) is 12.8. The molecule has 3 heteroatoms. The fourth-order valence-corrected chi connectivity index (χ4v) is 2.46. The van der Waals surface area contributed by atoms with Crippen molar-refractivity contribution in [1.82, 2.24) is 4.57 Å². The molecule has 0 atom stereocenters. The molecule has 1 N–H and O–H groups in total. The Morgan fingerprint density at radius 3 is 2.60 bits per heavy atom. The molecule has 0 fully saturated rings. The summed E-state index contributed by atoms with van der Waals surface area (Å²) in [7, 11) is 2.01. The average Bonchev–Trinajstić information content (AvgIpc) is 2.77. The van der Waals surface area contributed by atoms with Crippen molar-refractivity contribution in [2.75, 3.05) is 6.61 Å². The van der Waals surface area contributed by atoms with E-state index in [1.165, 1.54) is 0 Å². The highest BCUT2D eigenvalue weighted by atomic mass is 16.5. The fourth-order valence-electron chi connectivity index (χ4n) is 2.46. The summed E-state index contributed by atoms with van der Waals surface area (Å²) in [5.41, 5.74) is 2.29.